The second-order valence-electron chi connectivity index (χ2n) is 5.21. The topological polar surface area (TPSA) is 9.23 Å². The fraction of sp³-hybridized carbons (Fsp3) is 0.0526. The maximum atomic E-state index is 6.22. The van der Waals surface area contributed by atoms with Crippen LogP contribution in [0, 0.1) is 0 Å². The summed E-state index contributed by atoms with van der Waals surface area (Å²) in [6.45, 7) is 0. The largest absolute Gasteiger partial charge is 0.495 e. The van der Waals surface area contributed by atoms with E-state index in [4.69, 9.17) is 27.9 Å². The van der Waals surface area contributed by atoms with Gasteiger partial charge in [-0.25, -0.2) is 0 Å². The van der Waals surface area contributed by atoms with Crippen LogP contribution in [0.15, 0.2) is 51.4 Å². The Hall–Kier alpha value is -1.000. The number of methoxy groups -OCH3 is 1. The van der Waals surface area contributed by atoms with Crippen molar-refractivity contribution in [2.45, 2.75) is 0 Å². The van der Waals surface area contributed by atoms with Crippen molar-refractivity contribution >= 4 is 78.0 Å². The van der Waals surface area contributed by atoms with Gasteiger partial charge in [0.2, 0.25) is 0 Å². The molecule has 122 valence electrons. The first-order chi connectivity index (χ1) is 11.5. The molecule has 0 unspecified atom stereocenters. The lowest BCUT2D eigenvalue weighted by Gasteiger charge is -2.08. The second-order valence-corrected chi connectivity index (χ2v) is 7.83. The molecule has 3 aromatic rings. The quantitative estimate of drug-likeness (QED) is 0.342. The zero-order valence-corrected chi connectivity index (χ0v) is 17.3. The molecule has 5 heteroatoms. The highest BCUT2D eigenvalue weighted by Gasteiger charge is 2.07. The molecule has 0 bridgehead atoms. The molecule has 0 radical (unpaired) electrons. The van der Waals surface area contributed by atoms with E-state index in [1.54, 1.807) is 7.11 Å². The molecule has 0 aliphatic carbocycles. The predicted octanol–water partition coefficient (Wildman–Crippen LogP) is 7.85. The van der Waals surface area contributed by atoms with Gasteiger partial charge in [0.05, 0.1) is 12.1 Å². The van der Waals surface area contributed by atoms with Crippen LogP contribution in [0.25, 0.3) is 22.9 Å². The zero-order valence-electron chi connectivity index (χ0n) is 12.6. The van der Waals surface area contributed by atoms with Crippen molar-refractivity contribution in [1.29, 1.82) is 0 Å². The molecule has 0 amide bonds. The van der Waals surface area contributed by atoms with Crippen LogP contribution >= 0.6 is 55.1 Å². The van der Waals surface area contributed by atoms with Gasteiger partial charge >= 0.3 is 0 Å². The molecule has 0 fully saturated rings. The van der Waals surface area contributed by atoms with E-state index in [0.717, 1.165) is 30.8 Å². The minimum Gasteiger partial charge on any atom is -0.495 e. The fourth-order valence-corrected chi connectivity index (χ4v) is 4.36. The summed E-state index contributed by atoms with van der Waals surface area (Å²) < 4.78 is 7.28. The van der Waals surface area contributed by atoms with E-state index in [1.165, 1.54) is 0 Å². The van der Waals surface area contributed by atoms with Crippen LogP contribution in [0.3, 0.4) is 0 Å². The molecule has 0 aliphatic rings. The molecule has 24 heavy (non-hydrogen) atoms. The van der Waals surface area contributed by atoms with Gasteiger partial charge in [0.25, 0.3) is 0 Å². The van der Waals surface area contributed by atoms with Gasteiger partial charge in [0.1, 0.15) is 5.75 Å². The van der Waals surface area contributed by atoms with E-state index >= 15 is 0 Å². The predicted molar refractivity (Wildman–Crippen MR) is 111 cm³/mol. The van der Waals surface area contributed by atoms with Gasteiger partial charge in [-0.1, -0.05) is 79.3 Å². The molecular formula is C19H12Br2Cl2O. The van der Waals surface area contributed by atoms with Crippen molar-refractivity contribution < 1.29 is 4.74 Å². The number of benzene rings is 3. The smallest absolute Gasteiger partial charge is 0.144 e. The summed E-state index contributed by atoms with van der Waals surface area (Å²) in [5.74, 6) is 0.657. The van der Waals surface area contributed by atoms with E-state index in [9.17, 15) is 0 Å². The highest BCUT2D eigenvalue weighted by molar-refractivity contribution is 9.11. The van der Waals surface area contributed by atoms with Crippen LogP contribution < -0.4 is 4.74 Å². The van der Waals surface area contributed by atoms with Crippen LogP contribution in [0.2, 0.25) is 10.0 Å². The minimum absolute atomic E-state index is 0.572. The molecular weight excluding hydrogens is 475 g/mol. The van der Waals surface area contributed by atoms with Crippen molar-refractivity contribution in [3.63, 3.8) is 0 Å². The Morgan fingerprint density at radius 2 is 1.75 bits per heavy atom. The summed E-state index contributed by atoms with van der Waals surface area (Å²) in [6.07, 6.45) is 4.02. The van der Waals surface area contributed by atoms with Crippen LogP contribution in [0.5, 0.6) is 5.75 Å². The number of fused-ring (bicyclic) bond motifs is 1. The summed E-state index contributed by atoms with van der Waals surface area (Å²) in [6, 6.07) is 13.8. The number of rotatable bonds is 3. The average molecular weight is 487 g/mol. The molecule has 0 saturated carbocycles. The first-order valence-corrected chi connectivity index (χ1v) is 9.42. The van der Waals surface area contributed by atoms with Crippen molar-refractivity contribution in [1.82, 2.24) is 0 Å². The van der Waals surface area contributed by atoms with E-state index in [-0.39, 0.29) is 0 Å². The monoisotopic (exact) mass is 484 g/mol. The molecule has 0 atom stereocenters. The van der Waals surface area contributed by atoms with Crippen molar-refractivity contribution in [2.75, 3.05) is 7.11 Å². The molecule has 0 spiro atoms. The zero-order chi connectivity index (χ0) is 17.3. The molecule has 1 nitrogen and oxygen atoms in total. The summed E-state index contributed by atoms with van der Waals surface area (Å²) in [4.78, 5) is 0. The van der Waals surface area contributed by atoms with Crippen LogP contribution in [-0.4, -0.2) is 7.11 Å². The van der Waals surface area contributed by atoms with Crippen molar-refractivity contribution in [2.24, 2.45) is 0 Å². The third kappa shape index (κ3) is 3.80. The lowest BCUT2D eigenvalue weighted by Crippen LogP contribution is -1.88. The highest BCUT2D eigenvalue weighted by Crippen LogP contribution is 2.34. The van der Waals surface area contributed by atoms with Gasteiger partial charge in [-0.2, -0.15) is 0 Å². The Morgan fingerprint density at radius 1 is 0.958 bits per heavy atom. The summed E-state index contributed by atoms with van der Waals surface area (Å²) in [7, 11) is 1.61. The molecule has 0 N–H and O–H groups in total. The first kappa shape index (κ1) is 17.8. The summed E-state index contributed by atoms with van der Waals surface area (Å²) in [5.41, 5.74) is 1.98. The lowest BCUT2D eigenvalue weighted by atomic mass is 10.1. The molecule has 0 heterocycles. The number of halogens is 4. The minimum atomic E-state index is 0.572. The molecule has 0 aromatic heterocycles. The highest BCUT2D eigenvalue weighted by atomic mass is 79.9. The maximum absolute atomic E-state index is 6.22. The van der Waals surface area contributed by atoms with Gasteiger partial charge in [0.15, 0.2) is 0 Å². The third-order valence-corrected chi connectivity index (χ3v) is 5.20. The Bertz CT molecular complexity index is 952. The van der Waals surface area contributed by atoms with E-state index in [1.807, 2.05) is 42.5 Å². The Kier molecular flexibility index (Phi) is 5.56. The number of hydrogen-bond donors (Lipinski definition) is 0. The van der Waals surface area contributed by atoms with E-state index in [2.05, 4.69) is 44.0 Å². The van der Waals surface area contributed by atoms with Gasteiger partial charge in [-0.15, -0.1) is 0 Å². The SMILES string of the molecule is COc1c(Cl)cc(Br)cc1C=Cc1ccc2cc(Cl)cc(Br)c2c1. The summed E-state index contributed by atoms with van der Waals surface area (Å²) >= 11 is 19.3. The number of hydrogen-bond acceptors (Lipinski definition) is 1. The molecule has 3 aromatic carbocycles. The fourth-order valence-electron chi connectivity index (χ4n) is 2.50. The lowest BCUT2D eigenvalue weighted by molar-refractivity contribution is 0.414. The average Bonchev–Trinajstić information content (AvgIpc) is 2.52. The van der Waals surface area contributed by atoms with Gasteiger partial charge < -0.3 is 4.74 Å². The Balaban J connectivity index is 2.02. The van der Waals surface area contributed by atoms with E-state index < -0.39 is 0 Å². The van der Waals surface area contributed by atoms with Crippen LogP contribution in [0.1, 0.15) is 11.1 Å². The molecule has 3 rings (SSSR count). The van der Waals surface area contributed by atoms with Gasteiger partial charge in [0, 0.05) is 19.5 Å². The Morgan fingerprint density at radius 3 is 2.50 bits per heavy atom. The van der Waals surface area contributed by atoms with Crippen LogP contribution in [0.4, 0.5) is 0 Å². The molecule has 0 saturated heterocycles. The summed E-state index contributed by atoms with van der Waals surface area (Å²) in [5, 5.41) is 3.49. The van der Waals surface area contributed by atoms with E-state index in [0.29, 0.717) is 15.8 Å². The van der Waals surface area contributed by atoms with Gasteiger partial charge in [-0.3, -0.25) is 0 Å². The third-order valence-electron chi connectivity index (χ3n) is 3.59. The standard InChI is InChI=1S/C19H12Br2Cl2O/c1-24-19-13(7-14(20)9-18(19)23)5-3-11-2-4-12-8-15(22)10-17(21)16(12)6-11/h2-10H,1H3. The molecule has 0 aliphatic heterocycles. The van der Waals surface area contributed by atoms with Crippen molar-refractivity contribution in [3.05, 3.63) is 72.6 Å². The maximum Gasteiger partial charge on any atom is 0.144 e. The van der Waals surface area contributed by atoms with Crippen LogP contribution in [-0.2, 0) is 0 Å². The number of ether oxygens (including phenoxy) is 1. The first-order valence-electron chi connectivity index (χ1n) is 7.08. The second kappa shape index (κ2) is 7.49. The Labute approximate surface area is 167 Å². The van der Waals surface area contributed by atoms with Gasteiger partial charge in [-0.05, 0) is 46.7 Å². The normalized spacial score (nSPS) is 11.4. The van der Waals surface area contributed by atoms with Crippen molar-refractivity contribution in [3.8, 4) is 5.75 Å².